The van der Waals surface area contributed by atoms with Gasteiger partial charge in [0.05, 0.1) is 4.90 Å². The number of sulfonamides is 1. The number of hydrogen-bond donors (Lipinski definition) is 1. The number of rotatable bonds is 3. The summed E-state index contributed by atoms with van der Waals surface area (Å²) in [7, 11) is -3.36. The summed E-state index contributed by atoms with van der Waals surface area (Å²) in [6.07, 6.45) is 0. The Bertz CT molecular complexity index is 524. The zero-order valence-electron chi connectivity index (χ0n) is 10.5. The molecule has 0 saturated carbocycles. The molecule has 1 atom stereocenters. The maximum absolute atomic E-state index is 12.6. The van der Waals surface area contributed by atoms with Crippen LogP contribution in [0.15, 0.2) is 11.0 Å². The summed E-state index contributed by atoms with van der Waals surface area (Å²) < 4.78 is 26.9. The van der Waals surface area contributed by atoms with Crippen LogP contribution in [0.3, 0.4) is 0 Å². The highest BCUT2D eigenvalue weighted by Crippen LogP contribution is 2.30. The van der Waals surface area contributed by atoms with Crippen molar-refractivity contribution in [3.8, 4) is 0 Å². The van der Waals surface area contributed by atoms with E-state index >= 15 is 0 Å². The van der Waals surface area contributed by atoms with Crippen LogP contribution in [0.2, 0.25) is 0 Å². The predicted molar refractivity (Wildman–Crippen MR) is 77.6 cm³/mol. The molecule has 0 bridgehead atoms. The SMILES string of the molecule is Cc1sc(CN)cc1S(=O)(=O)N1CCSCC1C. The highest BCUT2D eigenvalue weighted by molar-refractivity contribution is 7.99. The highest BCUT2D eigenvalue weighted by atomic mass is 32.2. The number of nitrogens with two attached hydrogens (primary N) is 1. The molecule has 0 aliphatic carbocycles. The minimum atomic E-state index is -3.36. The molecular formula is C11H18N2O2S3. The molecule has 1 aromatic heterocycles. The van der Waals surface area contributed by atoms with Crippen LogP contribution in [0.4, 0.5) is 0 Å². The molecule has 1 unspecified atom stereocenters. The molecule has 102 valence electrons. The Balaban J connectivity index is 2.37. The van der Waals surface area contributed by atoms with Gasteiger partial charge in [-0.3, -0.25) is 0 Å². The molecule has 2 N–H and O–H groups in total. The van der Waals surface area contributed by atoms with E-state index < -0.39 is 10.0 Å². The summed E-state index contributed by atoms with van der Waals surface area (Å²) in [5.74, 6) is 1.74. The van der Waals surface area contributed by atoms with Gasteiger partial charge in [-0.15, -0.1) is 11.3 Å². The summed E-state index contributed by atoms with van der Waals surface area (Å²) in [4.78, 5) is 2.19. The minimum absolute atomic E-state index is 0.0642. The standard InChI is InChI=1S/C11H18N2O2S3/c1-8-7-16-4-3-13(8)18(14,15)11-5-10(6-12)17-9(11)2/h5,8H,3-4,6-7,12H2,1-2H3. The highest BCUT2D eigenvalue weighted by Gasteiger charge is 2.33. The molecular weight excluding hydrogens is 288 g/mol. The second kappa shape index (κ2) is 5.50. The third kappa shape index (κ3) is 2.60. The van der Waals surface area contributed by atoms with Crippen molar-refractivity contribution >= 4 is 33.1 Å². The molecule has 0 spiro atoms. The topological polar surface area (TPSA) is 63.4 Å². The molecule has 2 heterocycles. The van der Waals surface area contributed by atoms with Gasteiger partial charge in [0.25, 0.3) is 0 Å². The van der Waals surface area contributed by atoms with Gasteiger partial charge in [0.1, 0.15) is 0 Å². The van der Waals surface area contributed by atoms with Gasteiger partial charge >= 0.3 is 0 Å². The van der Waals surface area contributed by atoms with Gasteiger partial charge in [-0.2, -0.15) is 16.1 Å². The van der Waals surface area contributed by atoms with Crippen LogP contribution in [-0.4, -0.2) is 36.8 Å². The van der Waals surface area contributed by atoms with Crippen molar-refractivity contribution in [2.45, 2.75) is 31.3 Å². The van der Waals surface area contributed by atoms with E-state index in [0.717, 1.165) is 21.3 Å². The van der Waals surface area contributed by atoms with Gasteiger partial charge in [-0.05, 0) is 19.9 Å². The Morgan fingerprint density at radius 1 is 1.56 bits per heavy atom. The summed E-state index contributed by atoms with van der Waals surface area (Å²) in [6.45, 7) is 4.81. The lowest BCUT2D eigenvalue weighted by Gasteiger charge is -2.31. The zero-order valence-corrected chi connectivity index (χ0v) is 13.0. The first-order valence-electron chi connectivity index (χ1n) is 5.85. The Kier molecular flexibility index (Phi) is 4.38. The van der Waals surface area contributed by atoms with Crippen LogP contribution in [0.1, 0.15) is 16.7 Å². The molecule has 0 amide bonds. The normalized spacial score (nSPS) is 22.3. The van der Waals surface area contributed by atoms with E-state index in [9.17, 15) is 8.42 Å². The summed E-state index contributed by atoms with van der Waals surface area (Å²) in [5.41, 5.74) is 5.58. The number of hydrogen-bond acceptors (Lipinski definition) is 5. The molecule has 1 fully saturated rings. The van der Waals surface area contributed by atoms with Crippen molar-refractivity contribution in [3.05, 3.63) is 15.8 Å². The minimum Gasteiger partial charge on any atom is -0.326 e. The molecule has 4 nitrogen and oxygen atoms in total. The molecule has 7 heteroatoms. The fourth-order valence-corrected chi connectivity index (χ4v) is 6.42. The number of nitrogens with zero attached hydrogens (tertiary/aromatic N) is 1. The van der Waals surface area contributed by atoms with E-state index in [2.05, 4.69) is 0 Å². The van der Waals surface area contributed by atoms with Crippen molar-refractivity contribution in [1.29, 1.82) is 0 Å². The first kappa shape index (κ1) is 14.3. The van der Waals surface area contributed by atoms with Crippen molar-refractivity contribution in [1.82, 2.24) is 4.31 Å². The van der Waals surface area contributed by atoms with Crippen LogP contribution >= 0.6 is 23.1 Å². The Morgan fingerprint density at radius 3 is 2.83 bits per heavy atom. The van der Waals surface area contributed by atoms with Gasteiger partial charge < -0.3 is 5.73 Å². The maximum Gasteiger partial charge on any atom is 0.244 e. The van der Waals surface area contributed by atoms with Gasteiger partial charge in [-0.25, -0.2) is 8.42 Å². The first-order chi connectivity index (χ1) is 8.46. The molecule has 1 saturated heterocycles. The quantitative estimate of drug-likeness (QED) is 0.922. The number of thiophene rings is 1. The number of thioether (sulfide) groups is 1. The monoisotopic (exact) mass is 306 g/mol. The van der Waals surface area contributed by atoms with E-state index in [0.29, 0.717) is 18.0 Å². The van der Waals surface area contributed by atoms with E-state index in [1.165, 1.54) is 11.3 Å². The molecule has 1 aliphatic heterocycles. The molecule has 2 rings (SSSR count). The first-order valence-corrected chi connectivity index (χ1v) is 9.27. The largest absolute Gasteiger partial charge is 0.326 e. The van der Waals surface area contributed by atoms with Gasteiger partial charge in [0, 0.05) is 40.4 Å². The second-order valence-electron chi connectivity index (χ2n) is 4.38. The van der Waals surface area contributed by atoms with E-state index in [-0.39, 0.29) is 6.04 Å². The van der Waals surface area contributed by atoms with Crippen LogP contribution in [0.5, 0.6) is 0 Å². The van der Waals surface area contributed by atoms with Gasteiger partial charge in [-0.1, -0.05) is 0 Å². The summed E-state index contributed by atoms with van der Waals surface area (Å²) in [5, 5.41) is 0. The lowest BCUT2D eigenvalue weighted by Crippen LogP contribution is -2.44. The van der Waals surface area contributed by atoms with Gasteiger partial charge in [0.15, 0.2) is 0 Å². The van der Waals surface area contributed by atoms with Crippen LogP contribution in [-0.2, 0) is 16.6 Å². The van der Waals surface area contributed by atoms with Crippen LogP contribution in [0.25, 0.3) is 0 Å². The Hall–Kier alpha value is -0.0800. The van der Waals surface area contributed by atoms with Crippen molar-refractivity contribution in [2.24, 2.45) is 5.73 Å². The van der Waals surface area contributed by atoms with E-state index in [1.807, 2.05) is 25.6 Å². The summed E-state index contributed by atoms with van der Waals surface area (Å²) >= 11 is 3.28. The molecule has 0 aromatic carbocycles. The van der Waals surface area contributed by atoms with E-state index in [4.69, 9.17) is 5.73 Å². The Morgan fingerprint density at radius 2 is 2.28 bits per heavy atom. The van der Waals surface area contributed by atoms with Crippen LogP contribution < -0.4 is 5.73 Å². The lowest BCUT2D eigenvalue weighted by molar-refractivity contribution is 0.367. The van der Waals surface area contributed by atoms with Crippen LogP contribution in [0, 0.1) is 6.92 Å². The lowest BCUT2D eigenvalue weighted by atomic mass is 10.4. The average molecular weight is 306 g/mol. The molecule has 0 radical (unpaired) electrons. The van der Waals surface area contributed by atoms with Crippen molar-refractivity contribution in [3.63, 3.8) is 0 Å². The molecule has 1 aromatic rings. The zero-order chi connectivity index (χ0) is 13.3. The fraction of sp³-hybridized carbons (Fsp3) is 0.636. The van der Waals surface area contributed by atoms with E-state index in [1.54, 1.807) is 10.4 Å². The molecule has 1 aliphatic rings. The van der Waals surface area contributed by atoms with Crippen molar-refractivity contribution in [2.75, 3.05) is 18.1 Å². The Labute approximate surface area is 117 Å². The smallest absolute Gasteiger partial charge is 0.244 e. The molecule has 18 heavy (non-hydrogen) atoms. The average Bonchev–Trinajstić information content (AvgIpc) is 2.71. The predicted octanol–water partition coefficient (Wildman–Crippen LogP) is 1.64. The maximum atomic E-state index is 12.6. The van der Waals surface area contributed by atoms with Crippen molar-refractivity contribution < 1.29 is 8.42 Å². The second-order valence-corrected chi connectivity index (χ2v) is 8.73. The third-order valence-corrected chi connectivity index (χ3v) is 7.55. The number of aryl methyl sites for hydroxylation is 1. The fourth-order valence-electron chi connectivity index (χ4n) is 2.08. The summed E-state index contributed by atoms with van der Waals surface area (Å²) in [6, 6.07) is 1.79. The van der Waals surface area contributed by atoms with Gasteiger partial charge in [0.2, 0.25) is 10.0 Å². The third-order valence-electron chi connectivity index (χ3n) is 3.02.